The molecule has 1 saturated heterocycles. The van der Waals surface area contributed by atoms with E-state index >= 15 is 0 Å². The van der Waals surface area contributed by atoms with Gasteiger partial charge in [0, 0.05) is 12.1 Å². The maximum Gasteiger partial charge on any atom is 0.333 e. The Morgan fingerprint density at radius 3 is 2.32 bits per heavy atom. The van der Waals surface area contributed by atoms with Gasteiger partial charge in [0.25, 0.3) is 0 Å². The van der Waals surface area contributed by atoms with Gasteiger partial charge in [-0.25, -0.2) is 4.79 Å². The number of carbonyl (C=O) groups excluding carboxylic acids is 3. The highest BCUT2D eigenvalue weighted by Gasteiger charge is 2.51. The predicted molar refractivity (Wildman–Crippen MR) is 67.9 cm³/mol. The van der Waals surface area contributed by atoms with Gasteiger partial charge in [0.1, 0.15) is 0 Å². The number of esters is 1. The number of methoxy groups -OCH3 is 1. The van der Waals surface area contributed by atoms with Crippen LogP contribution >= 0.6 is 0 Å². The van der Waals surface area contributed by atoms with E-state index in [1.165, 1.54) is 12.0 Å². The Balaban J connectivity index is 2.05. The molecule has 1 aliphatic carbocycles. The number of fused-ring (bicyclic) bond motifs is 1. The summed E-state index contributed by atoms with van der Waals surface area (Å²) in [5.74, 6) is -0.462. The molecule has 2 unspecified atom stereocenters. The molecule has 0 spiro atoms. The third-order valence-corrected chi connectivity index (χ3v) is 4.05. The van der Waals surface area contributed by atoms with Crippen LogP contribution in [0, 0.1) is 17.8 Å². The minimum Gasteiger partial charge on any atom is -0.466 e. The molecule has 19 heavy (non-hydrogen) atoms. The molecule has 2 atom stereocenters. The summed E-state index contributed by atoms with van der Waals surface area (Å²) >= 11 is 0. The lowest BCUT2D eigenvalue weighted by molar-refractivity contribution is -0.140. The summed E-state index contributed by atoms with van der Waals surface area (Å²) in [6.07, 6.45) is 3.17. The first kappa shape index (κ1) is 13.8. The smallest absolute Gasteiger partial charge is 0.333 e. The van der Waals surface area contributed by atoms with Crippen LogP contribution < -0.4 is 0 Å². The van der Waals surface area contributed by atoms with Crippen LogP contribution in [-0.4, -0.2) is 36.3 Å². The van der Waals surface area contributed by atoms with Gasteiger partial charge in [0.05, 0.1) is 18.9 Å². The molecule has 1 heterocycles. The number of ether oxygens (including phenoxy) is 1. The van der Waals surface area contributed by atoms with E-state index in [-0.39, 0.29) is 30.2 Å². The molecule has 0 N–H and O–H groups in total. The molecule has 2 rings (SSSR count). The molecule has 0 radical (unpaired) electrons. The molecule has 2 aliphatic rings. The van der Waals surface area contributed by atoms with E-state index in [0.717, 1.165) is 12.8 Å². The first-order valence-electron chi connectivity index (χ1n) is 6.56. The fourth-order valence-electron chi connectivity index (χ4n) is 3.00. The SMILES string of the molecule is COC(=O)C(C)=CCN1C(=O)C2CC(C)CC2C1=O. The zero-order chi connectivity index (χ0) is 14.2. The average molecular weight is 265 g/mol. The van der Waals surface area contributed by atoms with Crippen LogP contribution in [-0.2, 0) is 19.1 Å². The van der Waals surface area contributed by atoms with E-state index < -0.39 is 5.97 Å². The molecule has 2 amide bonds. The molecular weight excluding hydrogens is 246 g/mol. The van der Waals surface area contributed by atoms with E-state index in [2.05, 4.69) is 11.7 Å². The quantitative estimate of drug-likeness (QED) is 0.436. The van der Waals surface area contributed by atoms with Gasteiger partial charge in [0.2, 0.25) is 11.8 Å². The van der Waals surface area contributed by atoms with Gasteiger partial charge in [-0.2, -0.15) is 0 Å². The minimum absolute atomic E-state index is 0.0896. The summed E-state index contributed by atoms with van der Waals surface area (Å²) in [7, 11) is 1.30. The Labute approximate surface area is 112 Å². The second-order valence-corrected chi connectivity index (χ2v) is 5.46. The number of likely N-dealkylation sites (tertiary alicyclic amines) is 1. The van der Waals surface area contributed by atoms with Crippen molar-refractivity contribution in [2.24, 2.45) is 17.8 Å². The lowest BCUT2D eigenvalue weighted by Crippen LogP contribution is -2.32. The van der Waals surface area contributed by atoms with Crippen molar-refractivity contribution in [2.75, 3.05) is 13.7 Å². The van der Waals surface area contributed by atoms with Crippen LogP contribution in [0.25, 0.3) is 0 Å². The van der Waals surface area contributed by atoms with Crippen molar-refractivity contribution in [3.63, 3.8) is 0 Å². The molecule has 0 aromatic carbocycles. The van der Waals surface area contributed by atoms with E-state index in [9.17, 15) is 14.4 Å². The lowest BCUT2D eigenvalue weighted by atomic mass is 10.00. The van der Waals surface area contributed by atoms with Crippen LogP contribution in [0.15, 0.2) is 11.6 Å². The number of amides is 2. The van der Waals surface area contributed by atoms with Gasteiger partial charge in [-0.1, -0.05) is 13.0 Å². The summed E-state index contributed by atoms with van der Waals surface area (Å²) in [5.41, 5.74) is 0.411. The van der Waals surface area contributed by atoms with E-state index in [4.69, 9.17) is 0 Å². The van der Waals surface area contributed by atoms with Crippen molar-refractivity contribution in [1.29, 1.82) is 0 Å². The number of imide groups is 1. The number of carbonyl (C=O) groups is 3. The fraction of sp³-hybridized carbons (Fsp3) is 0.643. The molecular formula is C14H19NO4. The Morgan fingerprint density at radius 1 is 1.32 bits per heavy atom. The third-order valence-electron chi connectivity index (χ3n) is 4.05. The summed E-state index contributed by atoms with van der Waals surface area (Å²) < 4.78 is 4.57. The first-order chi connectivity index (χ1) is 8.95. The predicted octanol–water partition coefficient (Wildman–Crippen LogP) is 1.14. The molecule has 0 bridgehead atoms. The van der Waals surface area contributed by atoms with Crippen molar-refractivity contribution in [3.8, 4) is 0 Å². The summed E-state index contributed by atoms with van der Waals surface area (Å²) in [6, 6.07) is 0. The van der Waals surface area contributed by atoms with Crippen LogP contribution in [0.1, 0.15) is 26.7 Å². The van der Waals surface area contributed by atoms with Crippen LogP contribution in [0.3, 0.4) is 0 Å². The minimum atomic E-state index is -0.437. The van der Waals surface area contributed by atoms with Gasteiger partial charge < -0.3 is 4.74 Å². The third kappa shape index (κ3) is 2.41. The Bertz CT molecular complexity index is 430. The highest BCUT2D eigenvalue weighted by atomic mass is 16.5. The Kier molecular flexibility index (Phi) is 3.73. The second-order valence-electron chi connectivity index (χ2n) is 5.46. The normalized spacial score (nSPS) is 30.8. The molecule has 5 nitrogen and oxygen atoms in total. The molecule has 0 aromatic rings. The average Bonchev–Trinajstić information content (AvgIpc) is 2.86. The molecule has 2 fully saturated rings. The summed E-state index contributed by atoms with van der Waals surface area (Å²) in [5, 5.41) is 0. The largest absolute Gasteiger partial charge is 0.466 e. The van der Waals surface area contributed by atoms with Crippen molar-refractivity contribution in [1.82, 2.24) is 4.90 Å². The van der Waals surface area contributed by atoms with Gasteiger partial charge in [-0.3, -0.25) is 14.5 Å². The summed E-state index contributed by atoms with van der Waals surface area (Å²) in [4.78, 5) is 36.8. The van der Waals surface area contributed by atoms with Crippen molar-refractivity contribution in [2.45, 2.75) is 26.7 Å². The van der Waals surface area contributed by atoms with E-state index in [0.29, 0.717) is 11.5 Å². The Hall–Kier alpha value is -1.65. The molecule has 1 aliphatic heterocycles. The van der Waals surface area contributed by atoms with Crippen molar-refractivity contribution < 1.29 is 19.1 Å². The highest BCUT2D eigenvalue weighted by Crippen LogP contribution is 2.42. The fourth-order valence-corrected chi connectivity index (χ4v) is 3.00. The number of hydrogen-bond donors (Lipinski definition) is 0. The Morgan fingerprint density at radius 2 is 1.84 bits per heavy atom. The van der Waals surface area contributed by atoms with Crippen LogP contribution in [0.5, 0.6) is 0 Å². The van der Waals surface area contributed by atoms with Gasteiger partial charge in [-0.15, -0.1) is 0 Å². The molecule has 5 heteroatoms. The number of nitrogens with zero attached hydrogens (tertiary/aromatic N) is 1. The second kappa shape index (κ2) is 5.15. The molecule has 104 valence electrons. The van der Waals surface area contributed by atoms with Crippen LogP contribution in [0.2, 0.25) is 0 Å². The topological polar surface area (TPSA) is 63.7 Å². The van der Waals surface area contributed by atoms with Crippen LogP contribution in [0.4, 0.5) is 0 Å². The standard InChI is InChI=1S/C14H19NO4/c1-8-6-10-11(7-8)13(17)15(12(10)16)5-4-9(2)14(18)19-3/h4,8,10-11H,5-7H2,1-3H3. The number of hydrogen-bond acceptors (Lipinski definition) is 4. The zero-order valence-electron chi connectivity index (χ0n) is 11.5. The van der Waals surface area contributed by atoms with Crippen molar-refractivity contribution in [3.05, 3.63) is 11.6 Å². The number of rotatable bonds is 3. The van der Waals surface area contributed by atoms with Gasteiger partial charge in [-0.05, 0) is 25.7 Å². The maximum atomic E-state index is 12.2. The zero-order valence-corrected chi connectivity index (χ0v) is 11.5. The first-order valence-corrected chi connectivity index (χ1v) is 6.56. The maximum absolute atomic E-state index is 12.2. The highest BCUT2D eigenvalue weighted by molar-refractivity contribution is 6.05. The van der Waals surface area contributed by atoms with Gasteiger partial charge >= 0.3 is 5.97 Å². The summed E-state index contributed by atoms with van der Waals surface area (Å²) in [6.45, 7) is 3.85. The van der Waals surface area contributed by atoms with E-state index in [1.807, 2.05) is 0 Å². The van der Waals surface area contributed by atoms with E-state index in [1.54, 1.807) is 13.0 Å². The molecule has 1 saturated carbocycles. The van der Waals surface area contributed by atoms with Crippen molar-refractivity contribution >= 4 is 17.8 Å². The monoisotopic (exact) mass is 265 g/mol. The lowest BCUT2D eigenvalue weighted by Gasteiger charge is -2.15. The molecule has 0 aromatic heterocycles. The van der Waals surface area contributed by atoms with Gasteiger partial charge in [0.15, 0.2) is 0 Å².